The number of carbonyl (C=O) groups excluding carboxylic acids is 2. The smallest absolute Gasteiger partial charge is 0.251 e. The van der Waals surface area contributed by atoms with Gasteiger partial charge in [-0.3, -0.25) is 9.59 Å². The number of nitrogens with one attached hydrogen (secondary N) is 1. The fourth-order valence-electron chi connectivity index (χ4n) is 3.83. The molecule has 0 fully saturated rings. The number of carbonyl (C=O) groups is 2. The molecule has 0 atom stereocenters. The number of hydrogen-bond donors (Lipinski definition) is 1. The predicted octanol–water partition coefficient (Wildman–Crippen LogP) is 4.83. The molecule has 31 heavy (non-hydrogen) atoms. The van der Waals surface area contributed by atoms with Crippen molar-refractivity contribution < 1.29 is 14.0 Å². The van der Waals surface area contributed by atoms with Crippen molar-refractivity contribution in [1.82, 2.24) is 10.3 Å². The summed E-state index contributed by atoms with van der Waals surface area (Å²) in [4.78, 5) is 29.8. The van der Waals surface area contributed by atoms with Crippen LogP contribution in [0.25, 0.3) is 22.6 Å². The molecular formula is C26H20N2O3. The van der Waals surface area contributed by atoms with E-state index in [1.807, 2.05) is 61.5 Å². The zero-order valence-corrected chi connectivity index (χ0v) is 17.0. The van der Waals surface area contributed by atoms with Gasteiger partial charge in [-0.05, 0) is 42.3 Å². The second kappa shape index (κ2) is 7.69. The number of fused-ring (bicyclic) bond motifs is 3. The number of rotatable bonds is 5. The highest BCUT2D eigenvalue weighted by atomic mass is 16.3. The molecule has 1 amide bonds. The van der Waals surface area contributed by atoms with Gasteiger partial charge in [-0.2, -0.15) is 0 Å². The molecular weight excluding hydrogens is 388 g/mol. The number of aromatic nitrogens is 1. The highest BCUT2D eigenvalue weighted by Gasteiger charge is 2.26. The van der Waals surface area contributed by atoms with Crippen LogP contribution < -0.4 is 5.32 Å². The lowest BCUT2D eigenvalue weighted by molar-refractivity contribution is 0.0954. The summed E-state index contributed by atoms with van der Waals surface area (Å²) in [7, 11) is 0. The summed E-state index contributed by atoms with van der Waals surface area (Å²) in [6.45, 7) is 2.45. The lowest BCUT2D eigenvalue weighted by Crippen LogP contribution is -2.26. The first kappa shape index (κ1) is 19.0. The molecule has 0 spiro atoms. The van der Waals surface area contributed by atoms with E-state index in [1.54, 1.807) is 18.4 Å². The molecule has 3 aromatic carbocycles. The molecule has 0 bridgehead atoms. The Morgan fingerprint density at radius 3 is 2.48 bits per heavy atom. The summed E-state index contributed by atoms with van der Waals surface area (Å²) in [5, 5.41) is 2.90. The molecule has 5 heteroatoms. The average Bonchev–Trinajstić information content (AvgIpc) is 3.38. The minimum atomic E-state index is -0.214. The number of amides is 1. The van der Waals surface area contributed by atoms with Crippen LogP contribution in [0.15, 0.2) is 77.4 Å². The maximum Gasteiger partial charge on any atom is 0.251 e. The van der Waals surface area contributed by atoms with Crippen LogP contribution in [0.3, 0.4) is 0 Å². The Labute approximate surface area is 179 Å². The third kappa shape index (κ3) is 3.55. The molecule has 1 N–H and O–H groups in total. The molecule has 1 aliphatic rings. The minimum Gasteiger partial charge on any atom is -0.444 e. The minimum absolute atomic E-state index is 0.0357. The maximum absolute atomic E-state index is 12.6. The Kier molecular flexibility index (Phi) is 4.71. The highest BCUT2D eigenvalue weighted by molar-refractivity contribution is 6.22. The van der Waals surface area contributed by atoms with Gasteiger partial charge in [0, 0.05) is 35.2 Å². The Morgan fingerprint density at radius 1 is 0.935 bits per heavy atom. The van der Waals surface area contributed by atoms with Crippen LogP contribution in [0.1, 0.15) is 37.5 Å². The SMILES string of the molecule is Cc1ccc(-c2nc(CCNC(=O)c3ccc4c(c3)C(=O)c3ccccc3-4)co2)cc1. The maximum atomic E-state index is 12.6. The first-order valence-corrected chi connectivity index (χ1v) is 10.2. The van der Waals surface area contributed by atoms with E-state index in [0.29, 0.717) is 35.5 Å². The Morgan fingerprint density at radius 2 is 1.68 bits per heavy atom. The topological polar surface area (TPSA) is 72.2 Å². The Bertz CT molecular complexity index is 1300. The summed E-state index contributed by atoms with van der Waals surface area (Å²) in [5.74, 6) is 0.318. The standard InChI is InChI=1S/C26H20N2O3/c1-16-6-8-17(9-7-16)26-28-19(15-31-26)12-13-27-25(30)18-10-11-21-20-4-2-3-5-22(20)24(29)23(21)14-18/h2-11,14-15H,12-13H2,1H3,(H,27,30). The van der Waals surface area contributed by atoms with Gasteiger partial charge in [-0.15, -0.1) is 0 Å². The molecule has 1 aromatic heterocycles. The van der Waals surface area contributed by atoms with Crippen molar-refractivity contribution >= 4 is 11.7 Å². The van der Waals surface area contributed by atoms with Crippen molar-refractivity contribution in [3.05, 3.63) is 101 Å². The molecule has 0 unspecified atom stereocenters. The quantitative estimate of drug-likeness (QED) is 0.452. The molecule has 0 aliphatic heterocycles. The van der Waals surface area contributed by atoms with Gasteiger partial charge in [0.25, 0.3) is 5.91 Å². The van der Waals surface area contributed by atoms with E-state index in [9.17, 15) is 9.59 Å². The van der Waals surface area contributed by atoms with Crippen molar-refractivity contribution in [3.63, 3.8) is 0 Å². The lowest BCUT2D eigenvalue weighted by Gasteiger charge is -2.06. The van der Waals surface area contributed by atoms with Crippen LogP contribution in [-0.4, -0.2) is 23.2 Å². The third-order valence-corrected chi connectivity index (χ3v) is 5.51. The fraction of sp³-hybridized carbons (Fsp3) is 0.115. The number of ketones is 1. The van der Waals surface area contributed by atoms with E-state index in [4.69, 9.17) is 4.42 Å². The summed E-state index contributed by atoms with van der Waals surface area (Å²) in [6.07, 6.45) is 2.17. The largest absolute Gasteiger partial charge is 0.444 e. The van der Waals surface area contributed by atoms with E-state index in [-0.39, 0.29) is 11.7 Å². The Balaban J connectivity index is 1.23. The van der Waals surface area contributed by atoms with E-state index in [0.717, 1.165) is 22.4 Å². The van der Waals surface area contributed by atoms with E-state index in [2.05, 4.69) is 10.3 Å². The van der Waals surface area contributed by atoms with Crippen LogP contribution in [0.4, 0.5) is 0 Å². The molecule has 5 nitrogen and oxygen atoms in total. The van der Waals surface area contributed by atoms with Crippen molar-refractivity contribution in [3.8, 4) is 22.6 Å². The van der Waals surface area contributed by atoms with Crippen LogP contribution in [0, 0.1) is 6.92 Å². The third-order valence-electron chi connectivity index (χ3n) is 5.51. The van der Waals surface area contributed by atoms with E-state index >= 15 is 0 Å². The van der Waals surface area contributed by atoms with Crippen molar-refractivity contribution in [2.45, 2.75) is 13.3 Å². The van der Waals surface area contributed by atoms with Gasteiger partial charge < -0.3 is 9.73 Å². The van der Waals surface area contributed by atoms with Crippen LogP contribution in [-0.2, 0) is 6.42 Å². The first-order valence-electron chi connectivity index (χ1n) is 10.2. The van der Waals surface area contributed by atoms with Gasteiger partial charge in [-0.1, -0.05) is 48.0 Å². The summed E-state index contributed by atoms with van der Waals surface area (Å²) in [5.41, 5.74) is 6.41. The summed E-state index contributed by atoms with van der Waals surface area (Å²) >= 11 is 0. The van der Waals surface area contributed by atoms with Crippen LogP contribution in [0.2, 0.25) is 0 Å². The second-order valence-electron chi connectivity index (χ2n) is 7.65. The van der Waals surface area contributed by atoms with Gasteiger partial charge in [0.05, 0.1) is 5.69 Å². The predicted molar refractivity (Wildman–Crippen MR) is 118 cm³/mol. The number of nitrogens with zero attached hydrogens (tertiary/aromatic N) is 1. The number of hydrogen-bond acceptors (Lipinski definition) is 4. The highest BCUT2D eigenvalue weighted by Crippen LogP contribution is 2.36. The van der Waals surface area contributed by atoms with Crippen molar-refractivity contribution in [1.29, 1.82) is 0 Å². The van der Waals surface area contributed by atoms with Gasteiger partial charge >= 0.3 is 0 Å². The number of aryl methyl sites for hydroxylation is 1. The van der Waals surface area contributed by atoms with Crippen molar-refractivity contribution in [2.75, 3.05) is 6.54 Å². The zero-order valence-electron chi connectivity index (χ0n) is 17.0. The van der Waals surface area contributed by atoms with E-state index < -0.39 is 0 Å². The molecule has 152 valence electrons. The zero-order chi connectivity index (χ0) is 21.4. The van der Waals surface area contributed by atoms with Gasteiger partial charge in [-0.25, -0.2) is 4.98 Å². The normalized spacial score (nSPS) is 11.8. The van der Waals surface area contributed by atoms with E-state index in [1.165, 1.54) is 5.56 Å². The Hall–Kier alpha value is -3.99. The molecule has 1 heterocycles. The fourth-order valence-corrected chi connectivity index (χ4v) is 3.83. The number of benzene rings is 3. The monoisotopic (exact) mass is 408 g/mol. The molecule has 0 radical (unpaired) electrons. The van der Waals surface area contributed by atoms with Gasteiger partial charge in [0.1, 0.15) is 6.26 Å². The lowest BCUT2D eigenvalue weighted by atomic mass is 10.0. The average molecular weight is 408 g/mol. The molecule has 0 saturated carbocycles. The second-order valence-corrected chi connectivity index (χ2v) is 7.65. The molecule has 0 saturated heterocycles. The molecule has 5 rings (SSSR count). The van der Waals surface area contributed by atoms with Crippen LogP contribution >= 0.6 is 0 Å². The van der Waals surface area contributed by atoms with Crippen LogP contribution in [0.5, 0.6) is 0 Å². The van der Waals surface area contributed by atoms with Gasteiger partial charge in [0.15, 0.2) is 5.78 Å². The summed E-state index contributed by atoms with van der Waals surface area (Å²) in [6, 6.07) is 20.8. The van der Waals surface area contributed by atoms with Crippen molar-refractivity contribution in [2.24, 2.45) is 0 Å². The van der Waals surface area contributed by atoms with Gasteiger partial charge in [0.2, 0.25) is 5.89 Å². The number of oxazole rings is 1. The molecule has 1 aliphatic carbocycles. The summed E-state index contributed by atoms with van der Waals surface area (Å²) < 4.78 is 5.56. The first-order chi connectivity index (χ1) is 15.1. The molecule has 4 aromatic rings.